The highest BCUT2D eigenvalue weighted by Crippen LogP contribution is 2.45. The van der Waals surface area contributed by atoms with E-state index in [0.717, 1.165) is 10.8 Å². The average molecular weight is 315 g/mol. The van der Waals surface area contributed by atoms with E-state index in [1.165, 1.54) is 43.2 Å². The fourth-order valence-corrected chi connectivity index (χ4v) is 3.91. The second kappa shape index (κ2) is 6.75. The Hall–Kier alpha value is -1.47. The van der Waals surface area contributed by atoms with Crippen LogP contribution in [-0.4, -0.2) is 6.61 Å². The summed E-state index contributed by atoms with van der Waals surface area (Å²) >= 11 is 6.26. The van der Waals surface area contributed by atoms with Crippen LogP contribution in [0.4, 0.5) is 0 Å². The zero-order valence-electron chi connectivity index (χ0n) is 13.1. The van der Waals surface area contributed by atoms with E-state index < -0.39 is 0 Å². The van der Waals surface area contributed by atoms with Gasteiger partial charge in [-0.2, -0.15) is 0 Å². The Bertz CT molecular complexity index is 612. The molecule has 0 radical (unpaired) electrons. The van der Waals surface area contributed by atoms with Crippen LogP contribution in [0.25, 0.3) is 0 Å². The molecule has 116 valence electrons. The molecule has 0 aliphatic heterocycles. The highest BCUT2D eigenvalue weighted by Gasteiger charge is 2.35. The number of hydrogen-bond acceptors (Lipinski definition) is 1. The second-order valence-corrected chi connectivity index (χ2v) is 6.55. The van der Waals surface area contributed by atoms with Crippen molar-refractivity contribution < 1.29 is 4.74 Å². The monoisotopic (exact) mass is 314 g/mol. The largest absolute Gasteiger partial charge is 0.494 e. The Balaban J connectivity index is 2.02. The third-order valence-corrected chi connectivity index (χ3v) is 5.04. The first kappa shape index (κ1) is 15.4. The SMILES string of the molecule is CCOc1ccc(C2(c3cccc(Cl)c3)CCCCC2)cc1. The predicted octanol–water partition coefficient (Wildman–Crippen LogP) is 5.99. The molecule has 0 atom stereocenters. The van der Waals surface area contributed by atoms with E-state index in [2.05, 4.69) is 42.5 Å². The fraction of sp³-hybridized carbons (Fsp3) is 0.400. The molecule has 1 nitrogen and oxygen atoms in total. The Kier molecular flexibility index (Phi) is 4.73. The molecule has 2 aromatic rings. The lowest BCUT2D eigenvalue weighted by atomic mass is 9.65. The standard InChI is InChI=1S/C20H23ClO/c1-2-22-19-11-9-16(10-12-19)20(13-4-3-5-14-20)17-7-6-8-18(21)15-17/h6-12,15H,2-5,13-14H2,1H3. The lowest BCUT2D eigenvalue weighted by molar-refractivity contribution is 0.335. The van der Waals surface area contributed by atoms with Crippen LogP contribution in [0, 0.1) is 0 Å². The van der Waals surface area contributed by atoms with Crippen LogP contribution in [0.1, 0.15) is 50.2 Å². The van der Waals surface area contributed by atoms with Crippen molar-refractivity contribution in [3.63, 3.8) is 0 Å². The van der Waals surface area contributed by atoms with Crippen molar-refractivity contribution in [1.82, 2.24) is 0 Å². The third-order valence-electron chi connectivity index (χ3n) is 4.80. The maximum absolute atomic E-state index is 6.26. The molecule has 0 N–H and O–H groups in total. The van der Waals surface area contributed by atoms with Gasteiger partial charge in [-0.15, -0.1) is 0 Å². The van der Waals surface area contributed by atoms with Crippen molar-refractivity contribution in [2.75, 3.05) is 6.61 Å². The van der Waals surface area contributed by atoms with Gasteiger partial charge in [-0.05, 0) is 55.2 Å². The minimum Gasteiger partial charge on any atom is -0.494 e. The lowest BCUT2D eigenvalue weighted by Crippen LogP contribution is -2.30. The highest BCUT2D eigenvalue weighted by molar-refractivity contribution is 6.30. The lowest BCUT2D eigenvalue weighted by Gasteiger charge is -2.38. The maximum atomic E-state index is 6.26. The normalized spacial score (nSPS) is 17.2. The molecule has 0 amide bonds. The van der Waals surface area contributed by atoms with Crippen LogP contribution in [0.3, 0.4) is 0 Å². The van der Waals surface area contributed by atoms with Gasteiger partial charge < -0.3 is 4.74 Å². The van der Waals surface area contributed by atoms with Gasteiger partial charge in [-0.1, -0.05) is 55.1 Å². The summed E-state index contributed by atoms with van der Waals surface area (Å²) in [5, 5.41) is 0.827. The molecule has 22 heavy (non-hydrogen) atoms. The van der Waals surface area contributed by atoms with Gasteiger partial charge in [0.1, 0.15) is 5.75 Å². The van der Waals surface area contributed by atoms with Crippen molar-refractivity contribution in [2.24, 2.45) is 0 Å². The van der Waals surface area contributed by atoms with E-state index in [9.17, 15) is 0 Å². The maximum Gasteiger partial charge on any atom is 0.119 e. The summed E-state index contributed by atoms with van der Waals surface area (Å²) in [4.78, 5) is 0. The molecule has 2 aromatic carbocycles. The zero-order valence-corrected chi connectivity index (χ0v) is 13.9. The van der Waals surface area contributed by atoms with Gasteiger partial charge in [-0.3, -0.25) is 0 Å². The smallest absolute Gasteiger partial charge is 0.119 e. The van der Waals surface area contributed by atoms with Gasteiger partial charge >= 0.3 is 0 Å². The number of benzene rings is 2. The molecule has 0 bridgehead atoms. The summed E-state index contributed by atoms with van der Waals surface area (Å²) in [6.07, 6.45) is 6.28. The first-order valence-corrected chi connectivity index (χ1v) is 8.62. The minimum absolute atomic E-state index is 0.105. The molecular weight excluding hydrogens is 292 g/mol. The predicted molar refractivity (Wildman–Crippen MR) is 92.9 cm³/mol. The van der Waals surface area contributed by atoms with Crippen LogP contribution < -0.4 is 4.74 Å². The van der Waals surface area contributed by atoms with Crippen LogP contribution in [0.2, 0.25) is 5.02 Å². The number of hydrogen-bond donors (Lipinski definition) is 0. The number of halogens is 1. The molecule has 1 saturated carbocycles. The van der Waals surface area contributed by atoms with E-state index in [1.54, 1.807) is 0 Å². The molecule has 2 heteroatoms. The van der Waals surface area contributed by atoms with Gasteiger partial charge in [0.2, 0.25) is 0 Å². The summed E-state index contributed by atoms with van der Waals surface area (Å²) in [5.74, 6) is 0.948. The van der Waals surface area contributed by atoms with Gasteiger partial charge in [0.25, 0.3) is 0 Å². The first-order chi connectivity index (χ1) is 10.7. The summed E-state index contributed by atoms with van der Waals surface area (Å²) in [7, 11) is 0. The van der Waals surface area contributed by atoms with Crippen LogP contribution >= 0.6 is 11.6 Å². The van der Waals surface area contributed by atoms with Crippen LogP contribution in [0.15, 0.2) is 48.5 Å². The molecule has 0 heterocycles. The zero-order chi connectivity index (χ0) is 15.4. The molecule has 1 aliphatic rings. The van der Waals surface area contributed by atoms with E-state index in [-0.39, 0.29) is 5.41 Å². The average Bonchev–Trinajstić information content (AvgIpc) is 2.56. The van der Waals surface area contributed by atoms with Gasteiger partial charge in [0.15, 0.2) is 0 Å². The topological polar surface area (TPSA) is 9.23 Å². The van der Waals surface area contributed by atoms with Crippen molar-refractivity contribution >= 4 is 11.6 Å². The molecule has 0 saturated heterocycles. The quantitative estimate of drug-likeness (QED) is 0.673. The Morgan fingerprint density at radius 3 is 2.32 bits per heavy atom. The summed E-state index contributed by atoms with van der Waals surface area (Å²) in [5.41, 5.74) is 2.84. The Morgan fingerprint density at radius 1 is 0.955 bits per heavy atom. The van der Waals surface area contributed by atoms with E-state index >= 15 is 0 Å². The number of rotatable bonds is 4. The van der Waals surface area contributed by atoms with Crippen molar-refractivity contribution in [3.8, 4) is 5.75 Å². The van der Waals surface area contributed by atoms with E-state index in [0.29, 0.717) is 6.61 Å². The van der Waals surface area contributed by atoms with Crippen molar-refractivity contribution in [3.05, 3.63) is 64.7 Å². The molecule has 1 fully saturated rings. The highest BCUT2D eigenvalue weighted by atomic mass is 35.5. The van der Waals surface area contributed by atoms with Gasteiger partial charge in [0.05, 0.1) is 6.61 Å². The first-order valence-electron chi connectivity index (χ1n) is 8.24. The molecule has 0 unspecified atom stereocenters. The Morgan fingerprint density at radius 2 is 1.68 bits per heavy atom. The molecule has 0 aromatic heterocycles. The molecular formula is C20H23ClO. The van der Waals surface area contributed by atoms with E-state index in [4.69, 9.17) is 16.3 Å². The second-order valence-electron chi connectivity index (χ2n) is 6.11. The Labute approximate surface area is 138 Å². The molecule has 0 spiro atoms. The van der Waals surface area contributed by atoms with Crippen molar-refractivity contribution in [2.45, 2.75) is 44.4 Å². The van der Waals surface area contributed by atoms with Crippen molar-refractivity contribution in [1.29, 1.82) is 0 Å². The third kappa shape index (κ3) is 3.01. The fourth-order valence-electron chi connectivity index (χ4n) is 3.72. The number of ether oxygens (including phenoxy) is 1. The summed E-state index contributed by atoms with van der Waals surface area (Å²) < 4.78 is 5.58. The minimum atomic E-state index is 0.105. The molecule has 3 rings (SSSR count). The van der Waals surface area contributed by atoms with Crippen LogP contribution in [-0.2, 0) is 5.41 Å². The van der Waals surface area contributed by atoms with Gasteiger partial charge in [0, 0.05) is 10.4 Å². The summed E-state index contributed by atoms with van der Waals surface area (Å²) in [6, 6.07) is 17.1. The molecule has 1 aliphatic carbocycles. The van der Waals surface area contributed by atoms with Crippen LogP contribution in [0.5, 0.6) is 5.75 Å². The summed E-state index contributed by atoms with van der Waals surface area (Å²) in [6.45, 7) is 2.72. The van der Waals surface area contributed by atoms with E-state index in [1.807, 2.05) is 13.0 Å². The van der Waals surface area contributed by atoms with Gasteiger partial charge in [-0.25, -0.2) is 0 Å².